The highest BCUT2D eigenvalue weighted by Crippen LogP contribution is 2.37. The SMILES string of the molecule is CC(C)Oc1c(-c2cn[nH]c2)ncn2nc(Nc3ccc(S(=O)(=O)c4cccc([C@@H](C)N5CCC(c6ccc7c(N8CCC(=O)NC8=O)nn(C)c7c6)CC5)c4)cc3F)nc12. The fraction of sp³-hybridized carbons (Fsp3) is 0.310. The summed E-state index contributed by atoms with van der Waals surface area (Å²) in [6.07, 6.45) is 6.59. The smallest absolute Gasteiger partial charge is 0.329 e. The van der Waals surface area contributed by atoms with Gasteiger partial charge >= 0.3 is 6.03 Å². The summed E-state index contributed by atoms with van der Waals surface area (Å²) in [5, 5.41) is 21.9. The summed E-state index contributed by atoms with van der Waals surface area (Å²) in [6, 6.07) is 16.2. The lowest BCUT2D eigenvalue weighted by molar-refractivity contribution is -0.120. The summed E-state index contributed by atoms with van der Waals surface area (Å²) >= 11 is 0. The largest absolute Gasteiger partial charge is 0.485 e. The Bertz CT molecular complexity index is 2920. The van der Waals surface area contributed by atoms with Gasteiger partial charge in [-0.2, -0.15) is 19.7 Å². The van der Waals surface area contributed by atoms with Crippen LogP contribution in [-0.4, -0.2) is 90.6 Å². The fourth-order valence-corrected chi connectivity index (χ4v) is 9.41. The molecule has 9 rings (SSSR count). The molecule has 3 aromatic carbocycles. The van der Waals surface area contributed by atoms with E-state index in [-0.39, 0.29) is 52.4 Å². The number of halogens is 1. The zero-order valence-electron chi connectivity index (χ0n) is 33.8. The molecule has 0 radical (unpaired) electrons. The number of likely N-dealkylation sites (tertiary alicyclic amines) is 1. The van der Waals surface area contributed by atoms with Crippen molar-refractivity contribution in [1.82, 2.24) is 49.8 Å². The number of nitrogens with one attached hydrogen (secondary N) is 3. The molecule has 1 atom stereocenters. The average molecular weight is 847 g/mol. The maximum atomic E-state index is 15.7. The molecule has 0 aliphatic carbocycles. The van der Waals surface area contributed by atoms with E-state index in [9.17, 15) is 18.0 Å². The molecule has 7 aromatic rings. The number of carbonyl (C=O) groups excluding carboxylic acids is 2. The number of aromatic nitrogens is 8. The number of H-pyrrole nitrogens is 1. The van der Waals surface area contributed by atoms with Crippen molar-refractivity contribution in [2.45, 2.75) is 67.9 Å². The Hall–Kier alpha value is -6.73. The maximum Gasteiger partial charge on any atom is 0.329 e. The molecule has 61 heavy (non-hydrogen) atoms. The monoisotopic (exact) mass is 846 g/mol. The van der Waals surface area contributed by atoms with Gasteiger partial charge in [0.25, 0.3) is 0 Å². The first kappa shape index (κ1) is 39.7. The predicted octanol–water partition coefficient (Wildman–Crippen LogP) is 6.29. The molecule has 2 saturated heterocycles. The van der Waals surface area contributed by atoms with Gasteiger partial charge in [-0.05, 0) is 106 Å². The van der Waals surface area contributed by atoms with Crippen LogP contribution in [0.5, 0.6) is 5.75 Å². The minimum Gasteiger partial charge on any atom is -0.485 e. The van der Waals surface area contributed by atoms with Gasteiger partial charge in [-0.3, -0.25) is 29.7 Å². The molecule has 0 bridgehead atoms. The third-order valence-corrected chi connectivity index (χ3v) is 13.1. The van der Waals surface area contributed by atoms with E-state index in [4.69, 9.17) is 4.74 Å². The average Bonchev–Trinajstić information content (AvgIpc) is 4.01. The number of imide groups is 1. The van der Waals surface area contributed by atoms with Crippen LogP contribution in [0.2, 0.25) is 0 Å². The normalized spacial score (nSPS) is 16.1. The Kier molecular flexibility index (Phi) is 10.2. The Morgan fingerprint density at radius 2 is 1.77 bits per heavy atom. The number of urea groups is 1. The highest BCUT2D eigenvalue weighted by molar-refractivity contribution is 7.91. The standard InChI is InChI=1S/C42H43FN12O5S/c1-24(2)60-38-37(29-21-45-46-22-29)44-23-55-40(38)49-41(51-55)47-34-11-9-31(20-33(34)43)61(58,59)30-7-5-6-27(18-30)25(3)53-15-12-26(13-16-53)28-8-10-32-35(19-28)52(4)50-39(32)54-17-14-36(56)48-42(54)57/h5-11,18-26H,12-17H2,1-4H3,(H,45,46)(H,47,51)(H,48,56,57)/t25-/m1/s1. The van der Waals surface area contributed by atoms with E-state index in [0.29, 0.717) is 34.4 Å². The first-order valence-corrected chi connectivity index (χ1v) is 21.5. The molecule has 4 aromatic heterocycles. The van der Waals surface area contributed by atoms with Gasteiger partial charge < -0.3 is 10.1 Å². The van der Waals surface area contributed by atoms with Crippen LogP contribution in [0.3, 0.4) is 0 Å². The van der Waals surface area contributed by atoms with Crippen molar-refractivity contribution in [2.24, 2.45) is 7.05 Å². The van der Waals surface area contributed by atoms with E-state index in [1.807, 2.05) is 33.0 Å². The number of aromatic amines is 1. The number of benzene rings is 3. The third-order valence-electron chi connectivity index (χ3n) is 11.3. The number of aryl methyl sites for hydroxylation is 1. The van der Waals surface area contributed by atoms with Gasteiger partial charge in [-0.25, -0.2) is 22.6 Å². The van der Waals surface area contributed by atoms with Gasteiger partial charge in [-0.15, -0.1) is 5.10 Å². The quantitative estimate of drug-likeness (QED) is 0.132. The van der Waals surface area contributed by atoms with Crippen LogP contribution in [0.25, 0.3) is 27.8 Å². The van der Waals surface area contributed by atoms with E-state index in [2.05, 4.69) is 65.0 Å². The molecule has 2 fully saturated rings. The fourth-order valence-electron chi connectivity index (χ4n) is 8.09. The van der Waals surface area contributed by atoms with Crippen molar-refractivity contribution in [3.63, 3.8) is 0 Å². The van der Waals surface area contributed by atoms with Crippen molar-refractivity contribution in [2.75, 3.05) is 29.9 Å². The molecular weight excluding hydrogens is 804 g/mol. The van der Waals surface area contributed by atoms with Crippen LogP contribution in [0.1, 0.15) is 63.1 Å². The van der Waals surface area contributed by atoms with Crippen LogP contribution in [0.4, 0.5) is 26.6 Å². The first-order chi connectivity index (χ1) is 29.3. The number of hydrogen-bond donors (Lipinski definition) is 3. The Morgan fingerprint density at radius 1 is 0.967 bits per heavy atom. The number of nitrogens with zero attached hydrogens (tertiary/aromatic N) is 9. The molecule has 17 nitrogen and oxygen atoms in total. The summed E-state index contributed by atoms with van der Waals surface area (Å²) in [6.45, 7) is 7.70. The van der Waals surface area contributed by atoms with Gasteiger partial charge in [0.1, 0.15) is 17.8 Å². The molecule has 3 N–H and O–H groups in total. The highest BCUT2D eigenvalue weighted by atomic mass is 32.2. The lowest BCUT2D eigenvalue weighted by Gasteiger charge is -2.36. The number of carbonyl (C=O) groups is 2. The second-order valence-electron chi connectivity index (χ2n) is 15.6. The summed E-state index contributed by atoms with van der Waals surface area (Å²) in [4.78, 5) is 37.0. The van der Waals surface area contributed by atoms with Crippen LogP contribution >= 0.6 is 0 Å². The summed E-state index contributed by atoms with van der Waals surface area (Å²) in [7, 11) is -2.23. The van der Waals surface area contributed by atoms with Crippen molar-refractivity contribution in [3.05, 3.63) is 96.3 Å². The van der Waals surface area contributed by atoms with E-state index in [0.717, 1.165) is 48.5 Å². The number of piperidine rings is 1. The lowest BCUT2D eigenvalue weighted by atomic mass is 9.88. The molecule has 2 aliphatic rings. The maximum absolute atomic E-state index is 15.7. The van der Waals surface area contributed by atoms with E-state index < -0.39 is 21.7 Å². The number of anilines is 3. The minimum absolute atomic E-state index is 0.00907. The van der Waals surface area contributed by atoms with Gasteiger partial charge in [0.15, 0.2) is 11.6 Å². The molecule has 314 valence electrons. The molecule has 0 spiro atoms. The predicted molar refractivity (Wildman–Crippen MR) is 224 cm³/mol. The summed E-state index contributed by atoms with van der Waals surface area (Å²) in [5.74, 6) is 0.195. The van der Waals surface area contributed by atoms with Crippen molar-refractivity contribution in [3.8, 4) is 17.0 Å². The molecule has 19 heteroatoms. The van der Waals surface area contributed by atoms with E-state index in [1.54, 1.807) is 29.2 Å². The Morgan fingerprint density at radius 3 is 2.51 bits per heavy atom. The number of sulfone groups is 1. The number of fused-ring (bicyclic) bond motifs is 2. The number of hydrogen-bond acceptors (Lipinski definition) is 12. The molecule has 0 saturated carbocycles. The van der Waals surface area contributed by atoms with Gasteiger partial charge in [-0.1, -0.05) is 18.2 Å². The van der Waals surface area contributed by atoms with Crippen LogP contribution in [-0.2, 0) is 21.7 Å². The van der Waals surface area contributed by atoms with Crippen LogP contribution in [0.15, 0.2) is 89.2 Å². The number of rotatable bonds is 11. The zero-order valence-corrected chi connectivity index (χ0v) is 34.6. The lowest BCUT2D eigenvalue weighted by Crippen LogP contribution is -2.49. The molecular formula is C42H43FN12O5S. The van der Waals surface area contributed by atoms with Gasteiger partial charge in [0, 0.05) is 43.2 Å². The first-order valence-electron chi connectivity index (χ1n) is 20.0. The topological polar surface area (TPSA) is 198 Å². The van der Waals surface area contributed by atoms with Crippen molar-refractivity contribution in [1.29, 1.82) is 0 Å². The van der Waals surface area contributed by atoms with E-state index >= 15 is 4.39 Å². The molecule has 3 amide bonds. The summed E-state index contributed by atoms with van der Waals surface area (Å²) < 4.78 is 52.8. The molecule has 2 aliphatic heterocycles. The van der Waals surface area contributed by atoms with Gasteiger partial charge in [0.05, 0.1) is 33.3 Å². The third kappa shape index (κ3) is 7.54. The molecule has 0 unspecified atom stereocenters. The van der Waals surface area contributed by atoms with Gasteiger partial charge in [0.2, 0.25) is 27.3 Å². The zero-order chi connectivity index (χ0) is 42.6. The second-order valence-corrected chi connectivity index (χ2v) is 17.5. The molecule has 6 heterocycles. The second kappa shape index (κ2) is 15.7. The number of amides is 3. The number of ether oxygens (including phenoxy) is 1. The van der Waals surface area contributed by atoms with Crippen LogP contribution < -0.4 is 20.3 Å². The van der Waals surface area contributed by atoms with Crippen molar-refractivity contribution < 1.29 is 27.1 Å². The van der Waals surface area contributed by atoms with Crippen molar-refractivity contribution >= 4 is 55.8 Å². The Balaban J connectivity index is 0.873. The van der Waals surface area contributed by atoms with Crippen LogP contribution in [0, 0.1) is 5.82 Å². The Labute approximate surface area is 349 Å². The minimum atomic E-state index is -4.08. The van der Waals surface area contributed by atoms with E-state index in [1.165, 1.54) is 39.5 Å². The highest BCUT2D eigenvalue weighted by Gasteiger charge is 2.30. The summed E-state index contributed by atoms with van der Waals surface area (Å²) in [5.41, 5.74) is 4.49.